The van der Waals surface area contributed by atoms with E-state index in [9.17, 15) is 0 Å². The smallest absolute Gasteiger partial charge is 0.0266 e. The first-order valence-electron chi connectivity index (χ1n) is 8.49. The van der Waals surface area contributed by atoms with Crippen molar-refractivity contribution in [3.05, 3.63) is 11.1 Å². The molecule has 2 fully saturated rings. The van der Waals surface area contributed by atoms with Crippen LogP contribution in [-0.2, 0) is 0 Å². The molecule has 0 atom stereocenters. The van der Waals surface area contributed by atoms with Gasteiger partial charge in [-0.1, -0.05) is 66.5 Å². The lowest BCUT2D eigenvalue weighted by atomic mass is 9.58. The van der Waals surface area contributed by atoms with Crippen molar-refractivity contribution in [2.75, 3.05) is 0 Å². The second kappa shape index (κ2) is 4.62. The fourth-order valence-corrected chi connectivity index (χ4v) is 5.78. The summed E-state index contributed by atoms with van der Waals surface area (Å²) in [6, 6.07) is 0. The van der Waals surface area contributed by atoms with Crippen molar-refractivity contribution in [1.29, 1.82) is 0 Å². The Morgan fingerprint density at radius 2 is 0.650 bits per heavy atom. The summed E-state index contributed by atoms with van der Waals surface area (Å²) in [5, 5.41) is 0. The summed E-state index contributed by atoms with van der Waals surface area (Å²) in [4.78, 5) is 0. The lowest BCUT2D eigenvalue weighted by molar-refractivity contribution is 0.132. The van der Waals surface area contributed by atoms with Gasteiger partial charge in [0.1, 0.15) is 0 Å². The van der Waals surface area contributed by atoms with Gasteiger partial charge in [0.05, 0.1) is 0 Å². The molecule has 0 amide bonds. The molecule has 0 aromatic rings. The van der Waals surface area contributed by atoms with Crippen molar-refractivity contribution in [2.24, 2.45) is 21.7 Å². The van der Waals surface area contributed by atoms with Crippen LogP contribution in [-0.4, -0.2) is 0 Å². The van der Waals surface area contributed by atoms with Gasteiger partial charge in [-0.3, -0.25) is 0 Å². The van der Waals surface area contributed by atoms with Gasteiger partial charge in [0.25, 0.3) is 0 Å². The Bertz CT molecular complexity index is 339. The normalized spacial score (nSPS) is 31.2. The van der Waals surface area contributed by atoms with E-state index in [0.717, 1.165) is 0 Å². The maximum absolute atomic E-state index is 2.47. The van der Waals surface area contributed by atoms with Crippen LogP contribution in [0.3, 0.4) is 0 Å². The summed E-state index contributed by atoms with van der Waals surface area (Å²) in [5.74, 6) is 0. The highest BCUT2D eigenvalue weighted by Gasteiger charge is 2.40. The summed E-state index contributed by atoms with van der Waals surface area (Å²) < 4.78 is 0. The average Bonchev–Trinajstić information content (AvgIpc) is 2.06. The molecule has 2 aliphatic carbocycles. The van der Waals surface area contributed by atoms with Crippen LogP contribution in [0.5, 0.6) is 0 Å². The van der Waals surface area contributed by atoms with Crippen LogP contribution in [0.15, 0.2) is 11.1 Å². The zero-order valence-electron chi connectivity index (χ0n) is 15.2. The predicted octanol–water partition coefficient (Wildman–Crippen LogP) is 6.76. The molecule has 0 radical (unpaired) electrons. The molecule has 116 valence electrons. The van der Waals surface area contributed by atoms with Crippen LogP contribution in [0, 0.1) is 21.7 Å². The zero-order chi connectivity index (χ0) is 15.4. The quantitative estimate of drug-likeness (QED) is 0.429. The topological polar surface area (TPSA) is 0 Å². The number of rotatable bonds is 0. The lowest BCUT2D eigenvalue weighted by Crippen LogP contribution is -2.34. The minimum atomic E-state index is 0.482. The van der Waals surface area contributed by atoms with E-state index in [1.807, 2.05) is 11.1 Å². The molecule has 0 aliphatic heterocycles. The van der Waals surface area contributed by atoms with Gasteiger partial charge in [-0.2, -0.15) is 0 Å². The molecule has 20 heavy (non-hydrogen) atoms. The van der Waals surface area contributed by atoms with E-state index in [-0.39, 0.29) is 0 Å². The molecule has 0 aromatic carbocycles. The van der Waals surface area contributed by atoms with Crippen LogP contribution in [0.2, 0.25) is 0 Å². The Hall–Kier alpha value is -0.260. The minimum absolute atomic E-state index is 0.482. The first-order chi connectivity index (χ1) is 8.79. The van der Waals surface area contributed by atoms with Crippen molar-refractivity contribution < 1.29 is 0 Å². The van der Waals surface area contributed by atoms with Crippen molar-refractivity contribution in [1.82, 2.24) is 0 Å². The van der Waals surface area contributed by atoms with Gasteiger partial charge in [0.15, 0.2) is 0 Å². The van der Waals surface area contributed by atoms with Gasteiger partial charge in [-0.05, 0) is 60.2 Å². The van der Waals surface area contributed by atoms with E-state index >= 15 is 0 Å². The maximum atomic E-state index is 2.47. The Morgan fingerprint density at radius 1 is 0.450 bits per heavy atom. The van der Waals surface area contributed by atoms with Gasteiger partial charge < -0.3 is 0 Å². The maximum Gasteiger partial charge on any atom is -0.0266 e. The van der Waals surface area contributed by atoms with Crippen molar-refractivity contribution in [3.8, 4) is 0 Å². The molecule has 2 aliphatic rings. The highest BCUT2D eigenvalue weighted by Crippen LogP contribution is 2.54. The zero-order valence-corrected chi connectivity index (χ0v) is 15.2. The number of allylic oxidation sites excluding steroid dienone is 2. The largest absolute Gasteiger partial charge is 0.0699 e. The minimum Gasteiger partial charge on any atom is -0.0699 e. The van der Waals surface area contributed by atoms with E-state index in [0.29, 0.717) is 21.7 Å². The van der Waals surface area contributed by atoms with Crippen LogP contribution in [0.4, 0.5) is 0 Å². The summed E-state index contributed by atoms with van der Waals surface area (Å²) in [5.41, 5.74) is 5.55. The lowest BCUT2D eigenvalue weighted by Gasteiger charge is -2.47. The summed E-state index contributed by atoms with van der Waals surface area (Å²) in [6.45, 7) is 19.7. The van der Waals surface area contributed by atoms with E-state index in [1.54, 1.807) is 0 Å². The molecule has 0 heterocycles. The third-order valence-electron chi connectivity index (χ3n) is 5.18. The average molecular weight is 277 g/mol. The summed E-state index contributed by atoms with van der Waals surface area (Å²) in [6.07, 6.45) is 8.05. The Labute approximate surface area is 127 Å². The summed E-state index contributed by atoms with van der Waals surface area (Å²) in [7, 11) is 0. The third kappa shape index (κ3) is 3.89. The van der Waals surface area contributed by atoms with Crippen LogP contribution in [0.25, 0.3) is 0 Å². The van der Waals surface area contributed by atoms with E-state index in [2.05, 4.69) is 55.4 Å². The molecule has 0 N–H and O–H groups in total. The molecule has 2 saturated carbocycles. The van der Waals surface area contributed by atoms with Crippen LogP contribution >= 0.6 is 0 Å². The highest BCUT2D eigenvalue weighted by atomic mass is 14.5. The fraction of sp³-hybridized carbons (Fsp3) is 0.900. The Morgan fingerprint density at radius 3 is 0.850 bits per heavy atom. The number of hydrogen-bond acceptors (Lipinski definition) is 0. The van der Waals surface area contributed by atoms with Crippen molar-refractivity contribution in [2.45, 2.75) is 93.9 Å². The first kappa shape index (κ1) is 16.1. The molecule has 0 aromatic heterocycles. The standard InChI is InChI=1S/C20H36/c1-17(2)9-15(10-18(3,4)13-17)16-11-19(5,6)14-20(7,8)12-16/h9-14H2,1-8H3. The van der Waals surface area contributed by atoms with Gasteiger partial charge >= 0.3 is 0 Å². The molecule has 0 saturated heterocycles. The predicted molar refractivity (Wildman–Crippen MR) is 89.9 cm³/mol. The Balaban J connectivity index is 2.35. The monoisotopic (exact) mass is 276 g/mol. The van der Waals surface area contributed by atoms with Gasteiger partial charge in [0.2, 0.25) is 0 Å². The second-order valence-corrected chi connectivity index (χ2v) is 10.9. The molecule has 0 nitrogen and oxygen atoms in total. The summed E-state index contributed by atoms with van der Waals surface area (Å²) >= 11 is 0. The van der Waals surface area contributed by atoms with E-state index in [1.165, 1.54) is 38.5 Å². The molecular formula is C20H36. The number of hydrogen-bond donors (Lipinski definition) is 0. The Kier molecular flexibility index (Phi) is 3.72. The first-order valence-corrected chi connectivity index (χ1v) is 8.49. The third-order valence-corrected chi connectivity index (χ3v) is 5.18. The van der Waals surface area contributed by atoms with E-state index in [4.69, 9.17) is 0 Å². The molecule has 2 rings (SSSR count). The van der Waals surface area contributed by atoms with Gasteiger partial charge in [-0.15, -0.1) is 0 Å². The van der Waals surface area contributed by atoms with Crippen molar-refractivity contribution >= 4 is 0 Å². The molecular weight excluding hydrogens is 240 g/mol. The van der Waals surface area contributed by atoms with Gasteiger partial charge in [0, 0.05) is 0 Å². The van der Waals surface area contributed by atoms with Gasteiger partial charge in [-0.25, -0.2) is 0 Å². The molecule has 0 bridgehead atoms. The molecule has 0 spiro atoms. The van der Waals surface area contributed by atoms with Crippen LogP contribution in [0.1, 0.15) is 93.9 Å². The fourth-order valence-electron chi connectivity index (χ4n) is 5.78. The second-order valence-electron chi connectivity index (χ2n) is 10.9. The van der Waals surface area contributed by atoms with E-state index < -0.39 is 0 Å². The van der Waals surface area contributed by atoms with Crippen LogP contribution < -0.4 is 0 Å². The van der Waals surface area contributed by atoms with Crippen molar-refractivity contribution in [3.63, 3.8) is 0 Å². The SMILES string of the molecule is CC1(C)CC(=C2CC(C)(C)CC(C)(C)C2)CC(C)(C)C1. The highest BCUT2D eigenvalue weighted by molar-refractivity contribution is 5.24. The molecule has 0 unspecified atom stereocenters. The molecule has 0 heteroatoms.